The lowest BCUT2D eigenvalue weighted by Gasteiger charge is -2.21. The maximum absolute atomic E-state index is 12.6. The summed E-state index contributed by atoms with van der Waals surface area (Å²) in [6.45, 7) is 0.664. The standard InChI is InChI=1S/C21H20N2O/c24-21(11-7-16-4-2-1-3-5-16)23(19-9-10-19)15-17-6-8-18-12-13-22-20(18)14-17/h1-8,11-14,19,22H,9-10,15H2. The molecule has 120 valence electrons. The van der Waals surface area contributed by atoms with Crippen molar-refractivity contribution in [3.63, 3.8) is 0 Å². The van der Waals surface area contributed by atoms with Gasteiger partial charge in [0.1, 0.15) is 0 Å². The van der Waals surface area contributed by atoms with Crippen LogP contribution in [0.25, 0.3) is 17.0 Å². The van der Waals surface area contributed by atoms with Gasteiger partial charge in [0.2, 0.25) is 5.91 Å². The third-order valence-electron chi connectivity index (χ3n) is 4.46. The Kier molecular flexibility index (Phi) is 3.91. The molecule has 3 aromatic rings. The number of H-pyrrole nitrogens is 1. The van der Waals surface area contributed by atoms with Crippen molar-refractivity contribution in [2.24, 2.45) is 0 Å². The number of rotatable bonds is 5. The van der Waals surface area contributed by atoms with E-state index in [9.17, 15) is 4.79 Å². The Hall–Kier alpha value is -2.81. The summed E-state index contributed by atoms with van der Waals surface area (Å²) < 4.78 is 0. The average Bonchev–Trinajstić information content (AvgIpc) is 3.35. The van der Waals surface area contributed by atoms with E-state index in [0.717, 1.165) is 23.9 Å². The molecule has 1 N–H and O–H groups in total. The normalized spacial score (nSPS) is 14.3. The highest BCUT2D eigenvalue weighted by atomic mass is 16.2. The molecule has 1 saturated carbocycles. The molecule has 1 aliphatic carbocycles. The van der Waals surface area contributed by atoms with Crippen molar-refractivity contribution in [2.75, 3.05) is 0 Å². The first-order valence-electron chi connectivity index (χ1n) is 8.39. The van der Waals surface area contributed by atoms with Crippen LogP contribution in [-0.2, 0) is 11.3 Å². The van der Waals surface area contributed by atoms with E-state index in [4.69, 9.17) is 0 Å². The van der Waals surface area contributed by atoms with E-state index in [1.165, 1.54) is 10.9 Å². The molecule has 0 unspecified atom stereocenters. The van der Waals surface area contributed by atoms with Crippen LogP contribution in [0.1, 0.15) is 24.0 Å². The number of nitrogens with one attached hydrogen (secondary N) is 1. The molecule has 0 saturated heterocycles. The smallest absolute Gasteiger partial charge is 0.247 e. The molecule has 3 nitrogen and oxygen atoms in total. The van der Waals surface area contributed by atoms with Crippen molar-refractivity contribution in [2.45, 2.75) is 25.4 Å². The highest BCUT2D eigenvalue weighted by Gasteiger charge is 2.31. The van der Waals surface area contributed by atoms with Crippen LogP contribution < -0.4 is 0 Å². The molecule has 3 heteroatoms. The number of carbonyl (C=O) groups is 1. The second-order valence-electron chi connectivity index (χ2n) is 6.34. The molecular formula is C21H20N2O. The molecule has 4 rings (SSSR count). The summed E-state index contributed by atoms with van der Waals surface area (Å²) in [7, 11) is 0. The van der Waals surface area contributed by atoms with Gasteiger partial charge in [0.05, 0.1) is 0 Å². The number of benzene rings is 2. The lowest BCUT2D eigenvalue weighted by atomic mass is 10.1. The predicted octanol–water partition coefficient (Wildman–Crippen LogP) is 4.37. The van der Waals surface area contributed by atoms with Gasteiger partial charge in [0, 0.05) is 30.4 Å². The average molecular weight is 316 g/mol. The fourth-order valence-corrected chi connectivity index (χ4v) is 2.99. The van der Waals surface area contributed by atoms with E-state index in [1.807, 2.05) is 47.5 Å². The third-order valence-corrected chi connectivity index (χ3v) is 4.46. The SMILES string of the molecule is O=C(C=Cc1ccccc1)N(Cc1ccc2cc[nH]c2c1)C1CC1. The maximum Gasteiger partial charge on any atom is 0.247 e. The van der Waals surface area contributed by atoms with Crippen molar-refractivity contribution in [3.8, 4) is 0 Å². The minimum Gasteiger partial charge on any atom is -0.361 e. The van der Waals surface area contributed by atoms with Crippen LogP contribution in [-0.4, -0.2) is 21.8 Å². The van der Waals surface area contributed by atoms with Gasteiger partial charge in [-0.25, -0.2) is 0 Å². The Morgan fingerprint density at radius 1 is 1.12 bits per heavy atom. The molecule has 1 aromatic heterocycles. The molecule has 1 fully saturated rings. The number of carbonyl (C=O) groups excluding carboxylic acids is 1. The summed E-state index contributed by atoms with van der Waals surface area (Å²) >= 11 is 0. The number of hydrogen-bond donors (Lipinski definition) is 1. The van der Waals surface area contributed by atoms with Crippen molar-refractivity contribution in [1.82, 2.24) is 9.88 Å². The first-order valence-corrected chi connectivity index (χ1v) is 8.39. The monoisotopic (exact) mass is 316 g/mol. The zero-order valence-electron chi connectivity index (χ0n) is 13.5. The van der Waals surface area contributed by atoms with E-state index in [1.54, 1.807) is 6.08 Å². The van der Waals surface area contributed by atoms with E-state index in [2.05, 4.69) is 29.2 Å². The van der Waals surface area contributed by atoms with Crippen LogP contribution in [0.2, 0.25) is 0 Å². The first-order chi connectivity index (χ1) is 11.8. The molecule has 1 heterocycles. The lowest BCUT2D eigenvalue weighted by Crippen LogP contribution is -2.31. The van der Waals surface area contributed by atoms with Gasteiger partial charge < -0.3 is 9.88 Å². The Bertz CT molecular complexity index is 875. The van der Waals surface area contributed by atoms with Crippen LogP contribution in [0.3, 0.4) is 0 Å². The Balaban J connectivity index is 1.51. The summed E-state index contributed by atoms with van der Waals surface area (Å²) in [5.41, 5.74) is 3.34. The summed E-state index contributed by atoms with van der Waals surface area (Å²) in [4.78, 5) is 17.9. The number of hydrogen-bond acceptors (Lipinski definition) is 1. The van der Waals surface area contributed by atoms with E-state index in [-0.39, 0.29) is 5.91 Å². The zero-order valence-corrected chi connectivity index (χ0v) is 13.5. The fourth-order valence-electron chi connectivity index (χ4n) is 2.99. The van der Waals surface area contributed by atoms with Gasteiger partial charge in [-0.15, -0.1) is 0 Å². The van der Waals surface area contributed by atoms with Crippen LogP contribution in [0.5, 0.6) is 0 Å². The minimum atomic E-state index is 0.0907. The van der Waals surface area contributed by atoms with Gasteiger partial charge in [-0.1, -0.05) is 42.5 Å². The van der Waals surface area contributed by atoms with Crippen molar-refractivity contribution in [3.05, 3.63) is 78.0 Å². The molecular weight excluding hydrogens is 296 g/mol. The van der Waals surface area contributed by atoms with Gasteiger partial charge in [-0.05, 0) is 47.6 Å². The molecule has 0 aliphatic heterocycles. The van der Waals surface area contributed by atoms with Gasteiger partial charge in [0.15, 0.2) is 0 Å². The summed E-state index contributed by atoms with van der Waals surface area (Å²) in [6, 6.07) is 18.8. The van der Waals surface area contributed by atoms with Crippen molar-refractivity contribution in [1.29, 1.82) is 0 Å². The molecule has 1 aliphatic rings. The number of aromatic nitrogens is 1. The molecule has 0 atom stereocenters. The zero-order chi connectivity index (χ0) is 16.4. The third kappa shape index (κ3) is 3.25. The van der Waals surface area contributed by atoms with Crippen LogP contribution in [0, 0.1) is 0 Å². The van der Waals surface area contributed by atoms with Crippen molar-refractivity contribution < 1.29 is 4.79 Å². The van der Waals surface area contributed by atoms with Crippen LogP contribution in [0.4, 0.5) is 0 Å². The van der Waals surface area contributed by atoms with Gasteiger partial charge in [0.25, 0.3) is 0 Å². The molecule has 0 radical (unpaired) electrons. The number of nitrogens with zero attached hydrogens (tertiary/aromatic N) is 1. The molecule has 2 aromatic carbocycles. The Morgan fingerprint density at radius 3 is 2.75 bits per heavy atom. The van der Waals surface area contributed by atoms with Crippen LogP contribution >= 0.6 is 0 Å². The van der Waals surface area contributed by atoms with Gasteiger partial charge in [-0.3, -0.25) is 4.79 Å². The second kappa shape index (κ2) is 6.36. The lowest BCUT2D eigenvalue weighted by molar-refractivity contribution is -0.127. The van der Waals surface area contributed by atoms with E-state index in [0.29, 0.717) is 12.6 Å². The molecule has 0 spiro atoms. The second-order valence-corrected chi connectivity index (χ2v) is 6.34. The number of fused-ring (bicyclic) bond motifs is 1. The number of amides is 1. The largest absolute Gasteiger partial charge is 0.361 e. The first kappa shape index (κ1) is 14.8. The van der Waals surface area contributed by atoms with Gasteiger partial charge >= 0.3 is 0 Å². The Labute approximate surface area is 141 Å². The fraction of sp³-hybridized carbons (Fsp3) is 0.190. The van der Waals surface area contributed by atoms with E-state index < -0.39 is 0 Å². The maximum atomic E-state index is 12.6. The summed E-state index contributed by atoms with van der Waals surface area (Å²) in [6.07, 6.45) is 7.75. The molecule has 24 heavy (non-hydrogen) atoms. The van der Waals surface area contributed by atoms with Crippen molar-refractivity contribution >= 4 is 22.9 Å². The predicted molar refractivity (Wildman–Crippen MR) is 97.3 cm³/mol. The molecule has 0 bridgehead atoms. The molecule has 1 amide bonds. The topological polar surface area (TPSA) is 36.1 Å². The minimum absolute atomic E-state index is 0.0907. The summed E-state index contributed by atoms with van der Waals surface area (Å²) in [5.74, 6) is 0.0907. The Morgan fingerprint density at radius 2 is 1.96 bits per heavy atom. The quantitative estimate of drug-likeness (QED) is 0.697. The number of aromatic amines is 1. The van der Waals surface area contributed by atoms with Crippen LogP contribution in [0.15, 0.2) is 66.9 Å². The van der Waals surface area contributed by atoms with Gasteiger partial charge in [-0.2, -0.15) is 0 Å². The summed E-state index contributed by atoms with van der Waals surface area (Å²) in [5, 5.41) is 1.20. The van der Waals surface area contributed by atoms with E-state index >= 15 is 0 Å². The highest BCUT2D eigenvalue weighted by molar-refractivity contribution is 5.92. The highest BCUT2D eigenvalue weighted by Crippen LogP contribution is 2.29.